The van der Waals surface area contributed by atoms with Gasteiger partial charge in [0.2, 0.25) is 11.8 Å². The van der Waals surface area contributed by atoms with Crippen LogP contribution in [-0.4, -0.2) is 63.9 Å². The second-order valence-corrected chi connectivity index (χ2v) is 7.60. The van der Waals surface area contributed by atoms with Crippen molar-refractivity contribution in [3.8, 4) is 0 Å². The fourth-order valence-corrected chi connectivity index (χ4v) is 4.33. The highest BCUT2D eigenvalue weighted by molar-refractivity contribution is 6.05. The smallest absolute Gasteiger partial charge is 0.255 e. The number of rotatable bonds is 4. The lowest BCUT2D eigenvalue weighted by atomic mass is 10.0. The molecule has 1 aromatic carbocycles. The first-order valence-electron chi connectivity index (χ1n) is 9.35. The highest BCUT2D eigenvalue weighted by Gasteiger charge is 2.39. The molecule has 3 aliphatic rings. The van der Waals surface area contributed by atoms with Gasteiger partial charge in [0.1, 0.15) is 6.04 Å². The number of aliphatic hydroxyl groups is 1. The number of β-amino-alcohol motifs (C(OH)–C–C–N with tert-alkyl or cyclic N) is 1. The summed E-state index contributed by atoms with van der Waals surface area (Å²) in [6.45, 7) is 2.08. The topological polar surface area (TPSA) is 116 Å². The van der Waals surface area contributed by atoms with Crippen molar-refractivity contribution in [2.75, 3.05) is 13.1 Å². The average molecular weight is 372 g/mol. The molecule has 1 aromatic rings. The molecule has 2 saturated heterocycles. The van der Waals surface area contributed by atoms with Gasteiger partial charge in [-0.05, 0) is 30.0 Å². The number of nitrogens with one attached hydrogen (secondary N) is 1. The number of imide groups is 1. The first kappa shape index (κ1) is 18.1. The van der Waals surface area contributed by atoms with Crippen LogP contribution in [0.1, 0.15) is 40.7 Å². The zero-order chi connectivity index (χ0) is 19.1. The highest BCUT2D eigenvalue weighted by atomic mass is 16.3. The van der Waals surface area contributed by atoms with Crippen LogP contribution in [-0.2, 0) is 22.7 Å². The molecule has 1 unspecified atom stereocenters. The summed E-state index contributed by atoms with van der Waals surface area (Å²) in [5, 5.41) is 12.2. The molecule has 144 valence electrons. The number of carbonyl (C=O) groups is 3. The summed E-state index contributed by atoms with van der Waals surface area (Å²) >= 11 is 0. The van der Waals surface area contributed by atoms with Crippen molar-refractivity contribution in [1.29, 1.82) is 0 Å². The summed E-state index contributed by atoms with van der Waals surface area (Å²) in [7, 11) is 0. The number of hydrogen-bond acceptors (Lipinski definition) is 6. The van der Waals surface area contributed by atoms with Gasteiger partial charge >= 0.3 is 0 Å². The Labute approximate surface area is 157 Å². The lowest BCUT2D eigenvalue weighted by molar-refractivity contribution is -0.136. The van der Waals surface area contributed by atoms with Gasteiger partial charge in [0, 0.05) is 44.2 Å². The molecule has 0 bridgehead atoms. The third-order valence-electron chi connectivity index (χ3n) is 5.76. The molecule has 0 spiro atoms. The third-order valence-corrected chi connectivity index (χ3v) is 5.76. The molecular weight excluding hydrogens is 348 g/mol. The molecule has 0 aliphatic carbocycles. The van der Waals surface area contributed by atoms with Crippen LogP contribution in [0.3, 0.4) is 0 Å². The number of aliphatic hydroxyl groups excluding tert-OH is 1. The van der Waals surface area contributed by atoms with Crippen molar-refractivity contribution in [3.63, 3.8) is 0 Å². The second kappa shape index (κ2) is 7.03. The lowest BCUT2D eigenvalue weighted by Gasteiger charge is -2.29. The number of nitrogens with zero attached hydrogens (tertiary/aromatic N) is 2. The molecule has 8 nitrogen and oxygen atoms in total. The van der Waals surface area contributed by atoms with Crippen molar-refractivity contribution in [2.45, 2.75) is 50.5 Å². The SMILES string of the molecule is NC[C@@H]1C[C@@H](O)CN1Cc1ccc2c(c1)C(=O)N(C1CCC(=O)NC1=O)C2. The summed E-state index contributed by atoms with van der Waals surface area (Å²) in [6, 6.07) is 5.34. The van der Waals surface area contributed by atoms with Crippen LogP contribution in [0.25, 0.3) is 0 Å². The van der Waals surface area contributed by atoms with E-state index in [9.17, 15) is 19.5 Å². The summed E-state index contributed by atoms with van der Waals surface area (Å²) in [6.07, 6.45) is 0.919. The number of nitrogens with two attached hydrogens (primary N) is 1. The Morgan fingerprint density at radius 2 is 2.07 bits per heavy atom. The van der Waals surface area contributed by atoms with Crippen LogP contribution in [0.15, 0.2) is 18.2 Å². The predicted molar refractivity (Wildman–Crippen MR) is 96.4 cm³/mol. The van der Waals surface area contributed by atoms with Gasteiger partial charge in [-0.25, -0.2) is 0 Å². The standard InChI is InChI=1S/C19H24N4O4/c20-7-13-6-14(24)10-22(13)8-11-1-2-12-9-23(19(27)15(12)5-11)16-3-4-17(25)21-18(16)26/h1-2,5,13-14,16,24H,3-4,6-10,20H2,(H,21,25,26)/t13-,14+,16?/m0/s1. The molecule has 4 rings (SSSR count). The van der Waals surface area contributed by atoms with E-state index >= 15 is 0 Å². The van der Waals surface area contributed by atoms with E-state index in [1.807, 2.05) is 18.2 Å². The van der Waals surface area contributed by atoms with Gasteiger partial charge in [0.25, 0.3) is 5.91 Å². The maximum atomic E-state index is 12.9. The van der Waals surface area contributed by atoms with Crippen molar-refractivity contribution in [2.24, 2.45) is 5.73 Å². The molecule has 3 heterocycles. The molecule has 4 N–H and O–H groups in total. The average Bonchev–Trinajstić information content (AvgIpc) is 3.15. The summed E-state index contributed by atoms with van der Waals surface area (Å²) in [5.74, 6) is -0.854. The van der Waals surface area contributed by atoms with Crippen LogP contribution in [0.5, 0.6) is 0 Å². The number of amides is 3. The number of hydrogen-bond donors (Lipinski definition) is 3. The van der Waals surface area contributed by atoms with Gasteiger partial charge in [-0.3, -0.25) is 24.6 Å². The van der Waals surface area contributed by atoms with Crippen LogP contribution in [0.2, 0.25) is 0 Å². The second-order valence-electron chi connectivity index (χ2n) is 7.60. The lowest BCUT2D eigenvalue weighted by Crippen LogP contribution is -2.52. The maximum Gasteiger partial charge on any atom is 0.255 e. The minimum atomic E-state index is -0.596. The first-order valence-corrected chi connectivity index (χ1v) is 9.35. The van der Waals surface area contributed by atoms with E-state index in [1.165, 1.54) is 0 Å². The quantitative estimate of drug-likeness (QED) is 0.605. The Hall–Kier alpha value is -2.29. The number of likely N-dealkylation sites (tertiary alicyclic amines) is 1. The Morgan fingerprint density at radius 3 is 2.81 bits per heavy atom. The van der Waals surface area contributed by atoms with E-state index in [0.717, 1.165) is 11.1 Å². The van der Waals surface area contributed by atoms with E-state index in [0.29, 0.717) is 44.6 Å². The van der Waals surface area contributed by atoms with E-state index in [4.69, 9.17) is 5.73 Å². The Kier molecular flexibility index (Phi) is 4.71. The normalized spacial score (nSPS) is 28.6. The molecule has 3 atom stereocenters. The maximum absolute atomic E-state index is 12.9. The zero-order valence-corrected chi connectivity index (χ0v) is 15.1. The van der Waals surface area contributed by atoms with Crippen LogP contribution >= 0.6 is 0 Å². The molecule has 0 aromatic heterocycles. The number of fused-ring (bicyclic) bond motifs is 1. The summed E-state index contributed by atoms with van der Waals surface area (Å²) < 4.78 is 0. The van der Waals surface area contributed by atoms with Crippen molar-refractivity contribution in [3.05, 3.63) is 34.9 Å². The van der Waals surface area contributed by atoms with Crippen molar-refractivity contribution >= 4 is 17.7 Å². The largest absolute Gasteiger partial charge is 0.392 e. The van der Waals surface area contributed by atoms with Crippen LogP contribution < -0.4 is 11.1 Å². The van der Waals surface area contributed by atoms with Gasteiger partial charge in [-0.2, -0.15) is 0 Å². The van der Waals surface area contributed by atoms with Crippen LogP contribution in [0, 0.1) is 0 Å². The minimum Gasteiger partial charge on any atom is -0.392 e. The summed E-state index contributed by atoms with van der Waals surface area (Å²) in [4.78, 5) is 40.0. The van der Waals surface area contributed by atoms with Crippen molar-refractivity contribution < 1.29 is 19.5 Å². The van der Waals surface area contributed by atoms with E-state index in [2.05, 4.69) is 10.2 Å². The molecule has 3 aliphatic heterocycles. The zero-order valence-electron chi connectivity index (χ0n) is 15.1. The molecule has 8 heteroatoms. The number of benzene rings is 1. The predicted octanol–water partition coefficient (Wildman–Crippen LogP) is -0.658. The van der Waals surface area contributed by atoms with Crippen LogP contribution in [0.4, 0.5) is 0 Å². The van der Waals surface area contributed by atoms with Gasteiger partial charge in [-0.15, -0.1) is 0 Å². The molecular formula is C19H24N4O4. The molecule has 27 heavy (non-hydrogen) atoms. The monoisotopic (exact) mass is 372 g/mol. The first-order chi connectivity index (χ1) is 13.0. The number of carbonyl (C=O) groups excluding carboxylic acids is 3. The number of piperidine rings is 1. The Balaban J connectivity index is 1.50. The molecule has 0 radical (unpaired) electrons. The van der Waals surface area contributed by atoms with Gasteiger partial charge < -0.3 is 15.7 Å². The fourth-order valence-electron chi connectivity index (χ4n) is 4.33. The molecule has 3 amide bonds. The fraction of sp³-hybridized carbons (Fsp3) is 0.526. The van der Waals surface area contributed by atoms with E-state index < -0.39 is 11.9 Å². The Morgan fingerprint density at radius 1 is 1.26 bits per heavy atom. The van der Waals surface area contributed by atoms with Gasteiger partial charge in [0.15, 0.2) is 0 Å². The molecule has 0 saturated carbocycles. The van der Waals surface area contributed by atoms with E-state index in [-0.39, 0.29) is 30.4 Å². The molecule has 2 fully saturated rings. The van der Waals surface area contributed by atoms with Gasteiger partial charge in [0.05, 0.1) is 6.10 Å². The Bertz CT molecular complexity index is 796. The third kappa shape index (κ3) is 3.36. The van der Waals surface area contributed by atoms with Gasteiger partial charge in [-0.1, -0.05) is 12.1 Å². The minimum absolute atomic E-state index is 0.143. The van der Waals surface area contributed by atoms with Crippen molar-refractivity contribution in [1.82, 2.24) is 15.1 Å². The van der Waals surface area contributed by atoms with E-state index in [1.54, 1.807) is 4.90 Å². The highest BCUT2D eigenvalue weighted by Crippen LogP contribution is 2.29. The summed E-state index contributed by atoms with van der Waals surface area (Å²) in [5.41, 5.74) is 8.29.